The lowest BCUT2D eigenvalue weighted by Crippen LogP contribution is -2.33. The van der Waals surface area contributed by atoms with Gasteiger partial charge in [-0.25, -0.2) is 0 Å². The van der Waals surface area contributed by atoms with E-state index >= 15 is 0 Å². The monoisotopic (exact) mass is 427 g/mol. The average Bonchev–Trinajstić information content (AvgIpc) is 3.38. The van der Waals surface area contributed by atoms with Crippen molar-refractivity contribution in [2.75, 3.05) is 5.75 Å². The number of nitrogens with two attached hydrogens (primary N) is 1. The summed E-state index contributed by atoms with van der Waals surface area (Å²) >= 11 is 1.26. The van der Waals surface area contributed by atoms with Gasteiger partial charge in [0.1, 0.15) is 0 Å². The van der Waals surface area contributed by atoms with E-state index in [1.54, 1.807) is 23.0 Å². The zero-order valence-electron chi connectivity index (χ0n) is 16.9. The Bertz CT molecular complexity index is 970. The Labute approximate surface area is 179 Å². The zero-order valence-corrected chi connectivity index (χ0v) is 17.8. The summed E-state index contributed by atoms with van der Waals surface area (Å²) in [6.45, 7) is 4.45. The molecule has 0 aliphatic rings. The van der Waals surface area contributed by atoms with E-state index in [1.807, 2.05) is 30.3 Å². The highest BCUT2D eigenvalue weighted by molar-refractivity contribution is 7.99. The van der Waals surface area contributed by atoms with Gasteiger partial charge in [0.05, 0.1) is 18.1 Å². The number of nitrogens with one attached hydrogen (secondary N) is 1. The molecular weight excluding hydrogens is 402 g/mol. The molecular formula is C21H25N5O3S. The van der Waals surface area contributed by atoms with Gasteiger partial charge in [-0.2, -0.15) is 0 Å². The molecule has 8 nitrogen and oxygen atoms in total. The molecule has 2 aromatic heterocycles. The van der Waals surface area contributed by atoms with E-state index in [4.69, 9.17) is 10.2 Å². The van der Waals surface area contributed by atoms with Crippen LogP contribution in [0.1, 0.15) is 31.9 Å². The van der Waals surface area contributed by atoms with Crippen molar-refractivity contribution in [1.29, 1.82) is 0 Å². The van der Waals surface area contributed by atoms with Crippen LogP contribution in [0.15, 0.2) is 58.3 Å². The first kappa shape index (κ1) is 21.6. The largest absolute Gasteiger partial charge is 0.461 e. The second-order valence-electron chi connectivity index (χ2n) is 7.14. The highest BCUT2D eigenvalue weighted by Crippen LogP contribution is 2.26. The molecule has 0 saturated carbocycles. The smallest absolute Gasteiger partial charge is 0.230 e. The van der Waals surface area contributed by atoms with Crippen LogP contribution in [0.2, 0.25) is 0 Å². The molecule has 9 heteroatoms. The van der Waals surface area contributed by atoms with Crippen LogP contribution in [0.4, 0.5) is 0 Å². The second-order valence-corrected chi connectivity index (χ2v) is 8.08. The van der Waals surface area contributed by atoms with E-state index in [2.05, 4.69) is 29.4 Å². The number of carbonyl (C=O) groups is 2. The number of amides is 2. The molecule has 1 unspecified atom stereocenters. The molecule has 0 fully saturated rings. The van der Waals surface area contributed by atoms with Crippen molar-refractivity contribution in [3.63, 3.8) is 0 Å². The quantitative estimate of drug-likeness (QED) is 0.481. The van der Waals surface area contributed by atoms with E-state index in [0.29, 0.717) is 23.3 Å². The molecule has 30 heavy (non-hydrogen) atoms. The Hall–Kier alpha value is -3.07. The molecule has 0 bridgehead atoms. The molecule has 0 aliphatic heterocycles. The van der Waals surface area contributed by atoms with Gasteiger partial charge in [0, 0.05) is 13.0 Å². The second kappa shape index (κ2) is 10.1. The van der Waals surface area contributed by atoms with Crippen molar-refractivity contribution in [2.45, 2.75) is 38.0 Å². The molecule has 2 heterocycles. The minimum atomic E-state index is -0.426. The summed E-state index contributed by atoms with van der Waals surface area (Å²) < 4.78 is 7.15. The minimum Gasteiger partial charge on any atom is -0.461 e. The number of furan rings is 1. The maximum Gasteiger partial charge on any atom is 0.230 e. The molecule has 0 spiro atoms. The highest BCUT2D eigenvalue weighted by Gasteiger charge is 2.21. The lowest BCUT2D eigenvalue weighted by molar-refractivity contribution is -0.120. The normalized spacial score (nSPS) is 12.1. The van der Waals surface area contributed by atoms with Gasteiger partial charge in [0.15, 0.2) is 16.7 Å². The van der Waals surface area contributed by atoms with Crippen molar-refractivity contribution in [3.8, 4) is 11.6 Å². The topological polar surface area (TPSA) is 116 Å². The lowest BCUT2D eigenvalue weighted by atomic mass is 9.96. The average molecular weight is 428 g/mol. The van der Waals surface area contributed by atoms with Crippen molar-refractivity contribution in [2.24, 2.45) is 11.7 Å². The van der Waals surface area contributed by atoms with Crippen molar-refractivity contribution in [3.05, 3.63) is 54.3 Å². The van der Waals surface area contributed by atoms with Crippen LogP contribution in [-0.4, -0.2) is 32.3 Å². The molecule has 1 aromatic carbocycles. The van der Waals surface area contributed by atoms with Gasteiger partial charge in [-0.3, -0.25) is 14.2 Å². The van der Waals surface area contributed by atoms with Gasteiger partial charge < -0.3 is 15.5 Å². The van der Waals surface area contributed by atoms with Gasteiger partial charge in [-0.15, -0.1) is 10.2 Å². The first-order valence-electron chi connectivity index (χ1n) is 9.68. The Kier molecular flexibility index (Phi) is 7.29. The van der Waals surface area contributed by atoms with Gasteiger partial charge >= 0.3 is 0 Å². The van der Waals surface area contributed by atoms with Gasteiger partial charge in [0.2, 0.25) is 11.8 Å². The zero-order chi connectivity index (χ0) is 21.5. The fourth-order valence-electron chi connectivity index (χ4n) is 3.05. The standard InChI is InChI=1S/C21H25N5O3S/c1-14(2)19(15-7-4-3-5-8-15)23-18(28)13-30-21-25-24-20(16-9-6-12-29-16)26(21)11-10-17(22)27/h3-9,12,14,19H,10-11,13H2,1-2H3,(H2,22,27)(H,23,28). The summed E-state index contributed by atoms with van der Waals surface area (Å²) in [5.74, 6) is 0.909. The third kappa shape index (κ3) is 5.50. The number of nitrogens with zero attached hydrogens (tertiary/aromatic N) is 3. The van der Waals surface area contributed by atoms with Crippen LogP contribution in [0.25, 0.3) is 11.6 Å². The van der Waals surface area contributed by atoms with E-state index < -0.39 is 5.91 Å². The summed E-state index contributed by atoms with van der Waals surface area (Å²) in [5, 5.41) is 12.0. The summed E-state index contributed by atoms with van der Waals surface area (Å²) in [5.41, 5.74) is 6.37. The Morgan fingerprint density at radius 2 is 1.93 bits per heavy atom. The predicted molar refractivity (Wildman–Crippen MR) is 114 cm³/mol. The maximum atomic E-state index is 12.6. The number of primary amides is 1. The molecule has 0 radical (unpaired) electrons. The fraction of sp³-hybridized carbons (Fsp3) is 0.333. The van der Waals surface area contributed by atoms with Crippen LogP contribution in [0, 0.1) is 5.92 Å². The number of aromatic nitrogens is 3. The predicted octanol–water partition coefficient (Wildman–Crippen LogP) is 3.02. The summed E-state index contributed by atoms with van der Waals surface area (Å²) in [4.78, 5) is 23.9. The molecule has 158 valence electrons. The minimum absolute atomic E-state index is 0.0780. The Morgan fingerprint density at radius 1 is 1.17 bits per heavy atom. The van der Waals surface area contributed by atoms with Gasteiger partial charge in [-0.05, 0) is 23.6 Å². The van der Waals surface area contributed by atoms with Crippen LogP contribution in [-0.2, 0) is 16.1 Å². The SMILES string of the molecule is CC(C)C(NC(=O)CSc1nnc(-c2ccco2)n1CCC(N)=O)c1ccccc1. The lowest BCUT2D eigenvalue weighted by Gasteiger charge is -2.22. The molecule has 0 saturated heterocycles. The van der Waals surface area contributed by atoms with Gasteiger partial charge in [0.25, 0.3) is 0 Å². The number of benzene rings is 1. The van der Waals surface area contributed by atoms with Crippen molar-refractivity contribution < 1.29 is 14.0 Å². The van der Waals surface area contributed by atoms with Gasteiger partial charge in [-0.1, -0.05) is 55.9 Å². The molecule has 3 rings (SSSR count). The summed E-state index contributed by atoms with van der Waals surface area (Å²) in [6, 6.07) is 13.3. The number of carbonyl (C=O) groups excluding carboxylic acids is 2. The van der Waals surface area contributed by atoms with Crippen LogP contribution in [0.3, 0.4) is 0 Å². The van der Waals surface area contributed by atoms with Crippen LogP contribution < -0.4 is 11.1 Å². The number of hydrogen-bond acceptors (Lipinski definition) is 6. The first-order valence-corrected chi connectivity index (χ1v) is 10.7. The number of hydrogen-bond donors (Lipinski definition) is 2. The molecule has 1 atom stereocenters. The third-order valence-corrected chi connectivity index (χ3v) is 5.48. The summed E-state index contributed by atoms with van der Waals surface area (Å²) in [7, 11) is 0. The molecule has 0 aliphatic carbocycles. The van der Waals surface area contributed by atoms with Crippen LogP contribution in [0.5, 0.6) is 0 Å². The molecule has 3 N–H and O–H groups in total. The molecule has 2 amide bonds. The molecule has 3 aromatic rings. The van der Waals surface area contributed by atoms with Crippen molar-refractivity contribution >= 4 is 23.6 Å². The maximum absolute atomic E-state index is 12.6. The highest BCUT2D eigenvalue weighted by atomic mass is 32.2. The van der Waals surface area contributed by atoms with Crippen molar-refractivity contribution in [1.82, 2.24) is 20.1 Å². The Balaban J connectivity index is 1.70. The summed E-state index contributed by atoms with van der Waals surface area (Å²) in [6.07, 6.45) is 1.67. The first-order chi connectivity index (χ1) is 14.5. The van der Waals surface area contributed by atoms with E-state index in [0.717, 1.165) is 5.56 Å². The number of rotatable bonds is 10. The fourth-order valence-corrected chi connectivity index (χ4v) is 3.82. The number of thioether (sulfide) groups is 1. The van der Waals surface area contributed by atoms with E-state index in [9.17, 15) is 9.59 Å². The third-order valence-electron chi connectivity index (χ3n) is 4.51. The van der Waals surface area contributed by atoms with E-state index in [-0.39, 0.29) is 30.0 Å². The Morgan fingerprint density at radius 3 is 2.57 bits per heavy atom. The van der Waals surface area contributed by atoms with Crippen LogP contribution >= 0.6 is 11.8 Å². The van der Waals surface area contributed by atoms with E-state index in [1.165, 1.54) is 11.8 Å².